The first-order valence-electron chi connectivity index (χ1n) is 13.9. The molecule has 204 valence electrons. The molecule has 3 aliphatic rings. The van der Waals surface area contributed by atoms with Crippen LogP contribution in [-0.2, 0) is 22.7 Å². The van der Waals surface area contributed by atoms with Crippen molar-refractivity contribution in [3.05, 3.63) is 101 Å². The highest BCUT2D eigenvalue weighted by molar-refractivity contribution is 6.05. The molecule has 0 aromatic heterocycles. The Kier molecular flexibility index (Phi) is 7.17. The Morgan fingerprint density at radius 1 is 0.900 bits per heavy atom. The van der Waals surface area contributed by atoms with E-state index in [-0.39, 0.29) is 30.0 Å². The van der Waals surface area contributed by atoms with Gasteiger partial charge in [-0.15, -0.1) is 0 Å². The minimum absolute atomic E-state index is 0.116. The van der Waals surface area contributed by atoms with Gasteiger partial charge in [0.15, 0.2) is 0 Å². The van der Waals surface area contributed by atoms with Crippen molar-refractivity contribution in [3.8, 4) is 0 Å². The molecule has 40 heavy (non-hydrogen) atoms. The molecule has 3 aromatic rings. The average molecular weight is 537 g/mol. The maximum absolute atomic E-state index is 13.0. The average Bonchev–Trinajstić information content (AvgIpc) is 3.29. The summed E-state index contributed by atoms with van der Waals surface area (Å²) in [6, 6.07) is 22.7. The van der Waals surface area contributed by atoms with E-state index in [0.717, 1.165) is 49.3 Å². The Morgan fingerprint density at radius 2 is 1.70 bits per heavy atom. The van der Waals surface area contributed by atoms with Crippen molar-refractivity contribution in [1.82, 2.24) is 15.1 Å². The number of anilines is 1. The first-order chi connectivity index (χ1) is 19.4. The number of hydrogen-bond acceptors (Lipinski definition) is 5. The van der Waals surface area contributed by atoms with E-state index in [0.29, 0.717) is 30.0 Å². The number of rotatable bonds is 6. The van der Waals surface area contributed by atoms with Crippen molar-refractivity contribution < 1.29 is 19.2 Å². The van der Waals surface area contributed by atoms with E-state index in [1.807, 2.05) is 42.5 Å². The standard InChI is InChI=1S/C32H32N4O4/c37-29-12-11-28(31(39)34-29)36-20-25-18-24(9-10-27(25)32(36)40)22-13-15-35(16-14-22)19-21-5-4-8-26(17-21)33-30(38)23-6-2-1-3-7-23/h1-10,17-18,22,28H,11-16,19-20H2,(H,33,38)(H,34,37,39). The summed E-state index contributed by atoms with van der Waals surface area (Å²) in [4.78, 5) is 53.5. The Labute approximate surface area is 233 Å². The lowest BCUT2D eigenvalue weighted by atomic mass is 9.87. The van der Waals surface area contributed by atoms with Gasteiger partial charge in [0.05, 0.1) is 0 Å². The molecule has 4 amide bonds. The van der Waals surface area contributed by atoms with Crippen molar-refractivity contribution in [2.75, 3.05) is 18.4 Å². The molecule has 2 N–H and O–H groups in total. The maximum Gasteiger partial charge on any atom is 0.255 e. The van der Waals surface area contributed by atoms with E-state index < -0.39 is 6.04 Å². The molecule has 3 aromatic carbocycles. The van der Waals surface area contributed by atoms with Gasteiger partial charge in [0.25, 0.3) is 11.8 Å². The number of piperidine rings is 2. The lowest BCUT2D eigenvalue weighted by Crippen LogP contribution is -2.52. The summed E-state index contributed by atoms with van der Waals surface area (Å²) in [5.41, 5.74) is 5.44. The number of imide groups is 1. The van der Waals surface area contributed by atoms with Crippen LogP contribution in [0.3, 0.4) is 0 Å². The Morgan fingerprint density at radius 3 is 2.48 bits per heavy atom. The van der Waals surface area contributed by atoms with Gasteiger partial charge >= 0.3 is 0 Å². The van der Waals surface area contributed by atoms with Crippen LogP contribution >= 0.6 is 0 Å². The van der Waals surface area contributed by atoms with Crippen LogP contribution in [0.5, 0.6) is 0 Å². The number of nitrogens with zero attached hydrogens (tertiary/aromatic N) is 2. The highest BCUT2D eigenvalue weighted by atomic mass is 16.2. The summed E-state index contributed by atoms with van der Waals surface area (Å²) < 4.78 is 0. The Bertz CT molecular complexity index is 1460. The second-order valence-corrected chi connectivity index (χ2v) is 10.9. The van der Waals surface area contributed by atoms with Gasteiger partial charge in [0, 0.05) is 36.3 Å². The van der Waals surface area contributed by atoms with Gasteiger partial charge in [-0.1, -0.05) is 42.5 Å². The van der Waals surface area contributed by atoms with E-state index in [1.165, 1.54) is 5.56 Å². The molecule has 3 heterocycles. The Balaban J connectivity index is 1.04. The largest absolute Gasteiger partial charge is 0.322 e. The summed E-state index contributed by atoms with van der Waals surface area (Å²) in [5.74, 6) is -0.489. The van der Waals surface area contributed by atoms with E-state index in [2.05, 4.69) is 33.7 Å². The number of benzene rings is 3. The van der Waals surface area contributed by atoms with Crippen molar-refractivity contribution in [2.45, 2.75) is 50.7 Å². The SMILES string of the molecule is O=C1CCC(N2Cc3cc(C4CCN(Cc5cccc(NC(=O)c6ccccc6)c5)CC4)ccc3C2=O)C(=O)N1. The second kappa shape index (κ2) is 11.1. The van der Waals surface area contributed by atoms with Gasteiger partial charge in [-0.25, -0.2) is 0 Å². The van der Waals surface area contributed by atoms with Crippen molar-refractivity contribution in [3.63, 3.8) is 0 Å². The third-order valence-electron chi connectivity index (χ3n) is 8.23. The number of fused-ring (bicyclic) bond motifs is 1. The number of carbonyl (C=O) groups is 4. The number of likely N-dealkylation sites (tertiary alicyclic amines) is 1. The van der Waals surface area contributed by atoms with Crippen molar-refractivity contribution in [1.29, 1.82) is 0 Å². The molecule has 1 unspecified atom stereocenters. The van der Waals surface area contributed by atoms with Crippen LogP contribution in [0.25, 0.3) is 0 Å². The van der Waals surface area contributed by atoms with Crippen LogP contribution in [0.15, 0.2) is 72.8 Å². The maximum atomic E-state index is 13.0. The quantitative estimate of drug-likeness (QED) is 0.463. The summed E-state index contributed by atoms with van der Waals surface area (Å²) in [6.07, 6.45) is 2.67. The number of carbonyl (C=O) groups excluding carboxylic acids is 4. The molecule has 2 saturated heterocycles. The highest BCUT2D eigenvalue weighted by Crippen LogP contribution is 2.34. The fourth-order valence-corrected chi connectivity index (χ4v) is 6.07. The Hall–Kier alpha value is -4.30. The zero-order chi connectivity index (χ0) is 27.6. The summed E-state index contributed by atoms with van der Waals surface area (Å²) >= 11 is 0. The molecule has 0 aliphatic carbocycles. The van der Waals surface area contributed by atoms with Crippen molar-refractivity contribution >= 4 is 29.3 Å². The molecule has 8 nitrogen and oxygen atoms in total. The van der Waals surface area contributed by atoms with E-state index >= 15 is 0 Å². The predicted molar refractivity (Wildman–Crippen MR) is 151 cm³/mol. The van der Waals surface area contributed by atoms with Crippen molar-refractivity contribution in [2.24, 2.45) is 0 Å². The fourth-order valence-electron chi connectivity index (χ4n) is 6.07. The third-order valence-corrected chi connectivity index (χ3v) is 8.23. The van der Waals surface area contributed by atoms with Crippen LogP contribution in [0.2, 0.25) is 0 Å². The molecule has 0 radical (unpaired) electrons. The summed E-state index contributed by atoms with van der Waals surface area (Å²) in [5, 5.41) is 5.36. The smallest absolute Gasteiger partial charge is 0.255 e. The molecule has 2 fully saturated rings. The van der Waals surface area contributed by atoms with Crippen LogP contribution < -0.4 is 10.6 Å². The minimum Gasteiger partial charge on any atom is -0.322 e. The molecule has 8 heteroatoms. The molecule has 0 bridgehead atoms. The number of amides is 4. The van der Waals surface area contributed by atoms with Crippen LogP contribution in [0.4, 0.5) is 5.69 Å². The summed E-state index contributed by atoms with van der Waals surface area (Å²) in [7, 11) is 0. The molecule has 0 saturated carbocycles. The topological polar surface area (TPSA) is 98.8 Å². The zero-order valence-corrected chi connectivity index (χ0v) is 22.3. The van der Waals surface area contributed by atoms with E-state index in [4.69, 9.17) is 0 Å². The normalized spacial score (nSPS) is 19.9. The first kappa shape index (κ1) is 26.0. The van der Waals surface area contributed by atoms with Gasteiger partial charge in [-0.3, -0.25) is 29.4 Å². The van der Waals surface area contributed by atoms with Gasteiger partial charge in [0.2, 0.25) is 11.8 Å². The minimum atomic E-state index is -0.588. The van der Waals surface area contributed by atoms with E-state index in [9.17, 15) is 19.2 Å². The van der Waals surface area contributed by atoms with Gasteiger partial charge in [0.1, 0.15) is 6.04 Å². The zero-order valence-electron chi connectivity index (χ0n) is 22.3. The number of nitrogens with one attached hydrogen (secondary N) is 2. The highest BCUT2D eigenvalue weighted by Gasteiger charge is 2.39. The molecule has 0 spiro atoms. The first-order valence-corrected chi connectivity index (χ1v) is 13.9. The molecule has 1 atom stereocenters. The second-order valence-electron chi connectivity index (χ2n) is 10.9. The molecule has 3 aliphatic heterocycles. The van der Waals surface area contributed by atoms with E-state index in [1.54, 1.807) is 17.0 Å². The fraction of sp³-hybridized carbons (Fsp3) is 0.312. The van der Waals surface area contributed by atoms with Gasteiger partial charge in [-0.05, 0) is 85.3 Å². The molecular formula is C32H32N4O4. The summed E-state index contributed by atoms with van der Waals surface area (Å²) in [6.45, 7) is 3.15. The van der Waals surface area contributed by atoms with Crippen LogP contribution in [-0.4, -0.2) is 52.6 Å². The lowest BCUT2D eigenvalue weighted by Gasteiger charge is -2.32. The van der Waals surface area contributed by atoms with Gasteiger partial charge < -0.3 is 10.2 Å². The monoisotopic (exact) mass is 536 g/mol. The number of hydrogen-bond donors (Lipinski definition) is 2. The van der Waals surface area contributed by atoms with Crippen LogP contribution in [0.1, 0.15) is 69.0 Å². The van der Waals surface area contributed by atoms with Gasteiger partial charge in [-0.2, -0.15) is 0 Å². The third kappa shape index (κ3) is 5.40. The molecular weight excluding hydrogens is 504 g/mol. The predicted octanol–water partition coefficient (Wildman–Crippen LogP) is 4.08. The van der Waals surface area contributed by atoms with Crippen LogP contribution in [0, 0.1) is 0 Å². The lowest BCUT2D eigenvalue weighted by molar-refractivity contribution is -0.136. The molecule has 6 rings (SSSR count).